The Morgan fingerprint density at radius 1 is 1.27 bits per heavy atom. The van der Waals surface area contributed by atoms with Crippen molar-refractivity contribution in [1.29, 1.82) is 0 Å². The van der Waals surface area contributed by atoms with Gasteiger partial charge in [-0.2, -0.15) is 0 Å². The molecule has 0 spiro atoms. The summed E-state index contributed by atoms with van der Waals surface area (Å²) in [5, 5.41) is 15.8. The Labute approximate surface area is 89.3 Å². The third-order valence-electron chi connectivity index (χ3n) is 2.01. The lowest BCUT2D eigenvalue weighted by Gasteiger charge is -2.11. The first-order valence-electron chi connectivity index (χ1n) is 5.02. The summed E-state index contributed by atoms with van der Waals surface area (Å²) in [5.41, 5.74) is 1.70. The number of aromatic hydroxyl groups is 1. The molecular formula is C11H16N2O2. The highest BCUT2D eigenvalue weighted by Gasteiger charge is 2.08. The van der Waals surface area contributed by atoms with Gasteiger partial charge in [0.1, 0.15) is 5.75 Å². The van der Waals surface area contributed by atoms with Crippen LogP contribution >= 0.6 is 0 Å². The average Bonchev–Trinajstić information content (AvgIpc) is 2.23. The highest BCUT2D eigenvalue weighted by Crippen LogP contribution is 2.30. The Morgan fingerprint density at radius 3 is 2.47 bits per heavy atom. The van der Waals surface area contributed by atoms with Gasteiger partial charge in [-0.25, -0.2) is 0 Å². The smallest absolute Gasteiger partial charge is 0.153 e. The van der Waals surface area contributed by atoms with Gasteiger partial charge in [-0.1, -0.05) is 0 Å². The maximum absolute atomic E-state index is 10.7. The van der Waals surface area contributed by atoms with E-state index >= 15 is 0 Å². The van der Waals surface area contributed by atoms with Gasteiger partial charge in [0.2, 0.25) is 0 Å². The van der Waals surface area contributed by atoms with Crippen molar-refractivity contribution in [1.82, 2.24) is 0 Å². The maximum Gasteiger partial charge on any atom is 0.153 e. The second-order valence-corrected chi connectivity index (χ2v) is 3.14. The summed E-state index contributed by atoms with van der Waals surface area (Å²) in [4.78, 5) is 10.7. The molecule has 0 aliphatic heterocycles. The molecule has 0 aliphatic rings. The van der Waals surface area contributed by atoms with E-state index in [1.807, 2.05) is 13.8 Å². The fraction of sp³-hybridized carbons (Fsp3) is 0.364. The van der Waals surface area contributed by atoms with E-state index in [9.17, 15) is 9.90 Å². The third-order valence-corrected chi connectivity index (χ3v) is 2.01. The van der Waals surface area contributed by atoms with Crippen LogP contribution in [0.5, 0.6) is 5.75 Å². The van der Waals surface area contributed by atoms with E-state index in [1.165, 1.54) is 0 Å². The summed E-state index contributed by atoms with van der Waals surface area (Å²) < 4.78 is 0. The molecule has 4 heteroatoms. The predicted octanol–water partition coefficient (Wildman–Crippen LogP) is 2.07. The number of hydrogen-bond donors (Lipinski definition) is 3. The molecule has 0 fully saturated rings. The number of hydrogen-bond acceptors (Lipinski definition) is 4. The fourth-order valence-corrected chi connectivity index (χ4v) is 1.38. The summed E-state index contributed by atoms with van der Waals surface area (Å²) >= 11 is 0. The van der Waals surface area contributed by atoms with Gasteiger partial charge in [-0.05, 0) is 26.0 Å². The fourth-order valence-electron chi connectivity index (χ4n) is 1.38. The molecule has 0 atom stereocenters. The van der Waals surface area contributed by atoms with Crippen molar-refractivity contribution in [3.8, 4) is 5.75 Å². The quantitative estimate of drug-likeness (QED) is 0.394. The number of phenols is 1. The van der Waals surface area contributed by atoms with Crippen molar-refractivity contribution in [3.05, 3.63) is 17.7 Å². The summed E-state index contributed by atoms with van der Waals surface area (Å²) in [6, 6.07) is 3.42. The first-order valence-corrected chi connectivity index (χ1v) is 5.02. The molecule has 0 saturated carbocycles. The topological polar surface area (TPSA) is 61.4 Å². The van der Waals surface area contributed by atoms with Gasteiger partial charge in [0.25, 0.3) is 0 Å². The van der Waals surface area contributed by atoms with Crippen LogP contribution in [-0.2, 0) is 0 Å². The lowest BCUT2D eigenvalue weighted by atomic mass is 10.1. The van der Waals surface area contributed by atoms with Crippen molar-refractivity contribution >= 4 is 17.7 Å². The molecule has 1 rings (SSSR count). The molecular weight excluding hydrogens is 192 g/mol. The number of phenolic OH excluding ortho intramolecular Hbond substituents is 1. The van der Waals surface area contributed by atoms with Crippen LogP contribution in [-0.4, -0.2) is 24.5 Å². The first kappa shape index (κ1) is 11.4. The monoisotopic (exact) mass is 208 g/mol. The van der Waals surface area contributed by atoms with Gasteiger partial charge < -0.3 is 15.7 Å². The van der Waals surface area contributed by atoms with E-state index in [-0.39, 0.29) is 5.75 Å². The number of carbonyl (C=O) groups excluding carboxylic acids is 1. The zero-order valence-corrected chi connectivity index (χ0v) is 9.00. The summed E-state index contributed by atoms with van der Waals surface area (Å²) in [5.74, 6) is 0.00787. The van der Waals surface area contributed by atoms with Crippen LogP contribution in [0.25, 0.3) is 0 Å². The lowest BCUT2D eigenvalue weighted by Crippen LogP contribution is -2.02. The van der Waals surface area contributed by atoms with Crippen LogP contribution in [0.1, 0.15) is 24.2 Å². The van der Waals surface area contributed by atoms with Crippen molar-refractivity contribution < 1.29 is 9.90 Å². The van der Waals surface area contributed by atoms with Crippen LogP contribution in [0.15, 0.2) is 12.1 Å². The molecule has 0 radical (unpaired) electrons. The third kappa shape index (κ3) is 2.62. The van der Waals surface area contributed by atoms with Gasteiger partial charge in [0.05, 0.1) is 11.3 Å². The van der Waals surface area contributed by atoms with E-state index in [0.29, 0.717) is 24.1 Å². The lowest BCUT2D eigenvalue weighted by molar-refractivity contribution is 0.112. The van der Waals surface area contributed by atoms with Crippen LogP contribution in [0.2, 0.25) is 0 Å². The van der Waals surface area contributed by atoms with Crippen molar-refractivity contribution in [3.63, 3.8) is 0 Å². The summed E-state index contributed by atoms with van der Waals surface area (Å²) in [7, 11) is 0. The molecule has 0 amide bonds. The Hall–Kier alpha value is -1.71. The summed E-state index contributed by atoms with van der Waals surface area (Å²) in [6.07, 6.45) is 0.650. The average molecular weight is 208 g/mol. The van der Waals surface area contributed by atoms with Gasteiger partial charge in [-0.3, -0.25) is 4.79 Å². The Morgan fingerprint density at radius 2 is 1.93 bits per heavy atom. The molecule has 0 saturated heterocycles. The molecule has 0 heterocycles. The number of anilines is 2. The number of nitrogens with one attached hydrogen (secondary N) is 2. The van der Waals surface area contributed by atoms with E-state index in [1.54, 1.807) is 12.1 Å². The van der Waals surface area contributed by atoms with Crippen LogP contribution in [0, 0.1) is 0 Å². The van der Waals surface area contributed by atoms with E-state index in [2.05, 4.69) is 10.6 Å². The second kappa shape index (κ2) is 5.24. The standard InChI is InChI=1S/C11H16N2O2/c1-3-12-9-5-8(7-14)11(15)10(6-9)13-4-2/h5-7,12-13,15H,3-4H2,1-2H3. The number of benzene rings is 1. The van der Waals surface area contributed by atoms with Crippen LogP contribution in [0.4, 0.5) is 11.4 Å². The minimum Gasteiger partial charge on any atom is -0.505 e. The molecule has 1 aromatic rings. The van der Waals surface area contributed by atoms with Crippen LogP contribution < -0.4 is 10.6 Å². The highest BCUT2D eigenvalue weighted by atomic mass is 16.3. The molecule has 0 aliphatic carbocycles. The number of aldehydes is 1. The normalized spacial score (nSPS) is 9.73. The van der Waals surface area contributed by atoms with E-state index in [0.717, 1.165) is 12.2 Å². The molecule has 15 heavy (non-hydrogen) atoms. The molecule has 0 unspecified atom stereocenters. The Bertz CT molecular complexity index is 351. The number of carbonyl (C=O) groups is 1. The van der Waals surface area contributed by atoms with E-state index in [4.69, 9.17) is 0 Å². The largest absolute Gasteiger partial charge is 0.505 e. The first-order chi connectivity index (χ1) is 7.22. The van der Waals surface area contributed by atoms with Crippen molar-refractivity contribution in [2.45, 2.75) is 13.8 Å². The van der Waals surface area contributed by atoms with E-state index < -0.39 is 0 Å². The molecule has 0 bridgehead atoms. The molecule has 1 aromatic carbocycles. The van der Waals surface area contributed by atoms with Gasteiger partial charge in [0.15, 0.2) is 6.29 Å². The van der Waals surface area contributed by atoms with Gasteiger partial charge in [0, 0.05) is 18.8 Å². The highest BCUT2D eigenvalue weighted by molar-refractivity contribution is 5.86. The number of rotatable bonds is 5. The Kier molecular flexibility index (Phi) is 3.97. The minimum atomic E-state index is 0.00787. The van der Waals surface area contributed by atoms with Crippen molar-refractivity contribution in [2.75, 3.05) is 23.7 Å². The zero-order valence-electron chi connectivity index (χ0n) is 9.00. The van der Waals surface area contributed by atoms with Gasteiger partial charge in [-0.15, -0.1) is 0 Å². The second-order valence-electron chi connectivity index (χ2n) is 3.14. The maximum atomic E-state index is 10.7. The molecule has 0 aromatic heterocycles. The molecule has 82 valence electrons. The van der Waals surface area contributed by atoms with Gasteiger partial charge >= 0.3 is 0 Å². The molecule has 3 N–H and O–H groups in total. The predicted molar refractivity (Wildman–Crippen MR) is 61.8 cm³/mol. The zero-order chi connectivity index (χ0) is 11.3. The SMILES string of the molecule is CCNc1cc(C=O)c(O)c(NCC)c1. The van der Waals surface area contributed by atoms with Crippen molar-refractivity contribution in [2.24, 2.45) is 0 Å². The Balaban J connectivity index is 3.12. The summed E-state index contributed by atoms with van der Waals surface area (Å²) in [6.45, 7) is 5.37. The van der Waals surface area contributed by atoms with Crippen LogP contribution in [0.3, 0.4) is 0 Å². The minimum absolute atomic E-state index is 0.00787. The molecule has 4 nitrogen and oxygen atoms in total.